The molecular formula is C15H24F2N2. The Morgan fingerprint density at radius 3 is 2.53 bits per heavy atom. The van der Waals surface area contributed by atoms with Crippen molar-refractivity contribution in [1.29, 1.82) is 0 Å². The van der Waals surface area contributed by atoms with Crippen LogP contribution in [-0.4, -0.2) is 24.0 Å². The van der Waals surface area contributed by atoms with Gasteiger partial charge in [0.05, 0.1) is 0 Å². The molecule has 0 saturated carbocycles. The van der Waals surface area contributed by atoms with Crippen LogP contribution in [0.15, 0.2) is 18.2 Å². The minimum absolute atomic E-state index is 0.0835. The van der Waals surface area contributed by atoms with Gasteiger partial charge in [-0.15, -0.1) is 0 Å². The molecule has 0 aromatic heterocycles. The average molecular weight is 270 g/mol. The third kappa shape index (κ3) is 3.98. The van der Waals surface area contributed by atoms with Gasteiger partial charge in [-0.25, -0.2) is 8.78 Å². The molecule has 0 saturated heterocycles. The van der Waals surface area contributed by atoms with Crippen molar-refractivity contribution in [2.24, 2.45) is 5.73 Å². The van der Waals surface area contributed by atoms with Crippen molar-refractivity contribution < 1.29 is 8.78 Å². The first kappa shape index (κ1) is 16.1. The van der Waals surface area contributed by atoms with Gasteiger partial charge in [0.1, 0.15) is 0 Å². The van der Waals surface area contributed by atoms with Gasteiger partial charge in [-0.2, -0.15) is 0 Å². The highest BCUT2D eigenvalue weighted by Crippen LogP contribution is 2.22. The zero-order valence-corrected chi connectivity index (χ0v) is 12.2. The molecule has 108 valence electrons. The van der Waals surface area contributed by atoms with Crippen LogP contribution in [0.1, 0.15) is 45.2 Å². The fraction of sp³-hybridized carbons (Fsp3) is 0.600. The van der Waals surface area contributed by atoms with Crippen molar-refractivity contribution in [3.8, 4) is 0 Å². The Kier molecular flexibility index (Phi) is 5.44. The number of hydrogen-bond acceptors (Lipinski definition) is 2. The van der Waals surface area contributed by atoms with Crippen molar-refractivity contribution in [3.63, 3.8) is 0 Å². The SMILES string of the molecule is CCC(C)(C)N(C)CCC(N)c1cccc(F)c1F. The molecule has 1 aromatic rings. The van der Waals surface area contributed by atoms with Crippen LogP contribution in [0.3, 0.4) is 0 Å². The van der Waals surface area contributed by atoms with Crippen molar-refractivity contribution in [2.45, 2.75) is 45.2 Å². The number of nitrogens with two attached hydrogens (primary N) is 1. The molecule has 0 bridgehead atoms. The Balaban J connectivity index is 2.66. The molecule has 2 N–H and O–H groups in total. The Morgan fingerprint density at radius 1 is 1.32 bits per heavy atom. The summed E-state index contributed by atoms with van der Waals surface area (Å²) in [5, 5.41) is 0. The van der Waals surface area contributed by atoms with E-state index in [1.165, 1.54) is 6.07 Å². The van der Waals surface area contributed by atoms with E-state index >= 15 is 0 Å². The molecule has 1 unspecified atom stereocenters. The third-order valence-corrected chi connectivity index (χ3v) is 4.06. The number of halogens is 2. The lowest BCUT2D eigenvalue weighted by Crippen LogP contribution is -2.41. The average Bonchev–Trinajstić information content (AvgIpc) is 2.38. The van der Waals surface area contributed by atoms with Gasteiger partial charge >= 0.3 is 0 Å². The second kappa shape index (κ2) is 6.44. The lowest BCUT2D eigenvalue weighted by atomic mass is 9.98. The zero-order valence-electron chi connectivity index (χ0n) is 12.2. The standard InChI is InChI=1S/C15H24F2N2/c1-5-15(2,3)19(4)10-9-13(18)11-7-6-8-12(16)14(11)17/h6-8,13H,5,9-10,18H2,1-4H3. The summed E-state index contributed by atoms with van der Waals surface area (Å²) >= 11 is 0. The van der Waals surface area contributed by atoms with Crippen LogP contribution in [0.4, 0.5) is 8.78 Å². The molecule has 0 radical (unpaired) electrons. The maximum Gasteiger partial charge on any atom is 0.163 e. The Hall–Kier alpha value is -1.00. The summed E-state index contributed by atoms with van der Waals surface area (Å²) in [6, 6.07) is 3.67. The Morgan fingerprint density at radius 2 is 1.95 bits per heavy atom. The van der Waals surface area contributed by atoms with Gasteiger partial charge < -0.3 is 10.6 Å². The smallest absolute Gasteiger partial charge is 0.163 e. The fourth-order valence-corrected chi connectivity index (χ4v) is 1.87. The van der Waals surface area contributed by atoms with Crippen molar-refractivity contribution in [1.82, 2.24) is 4.90 Å². The third-order valence-electron chi connectivity index (χ3n) is 4.06. The predicted octanol–water partition coefficient (Wildman–Crippen LogP) is 3.48. The topological polar surface area (TPSA) is 29.3 Å². The predicted molar refractivity (Wildman–Crippen MR) is 74.9 cm³/mol. The van der Waals surface area contributed by atoms with E-state index in [-0.39, 0.29) is 11.1 Å². The summed E-state index contributed by atoms with van der Waals surface area (Å²) in [6.45, 7) is 7.18. The molecule has 0 aliphatic heterocycles. The molecule has 0 spiro atoms. The molecule has 0 fully saturated rings. The molecule has 2 nitrogen and oxygen atoms in total. The van der Waals surface area contributed by atoms with Crippen LogP contribution in [-0.2, 0) is 0 Å². The molecule has 1 rings (SSSR count). The fourth-order valence-electron chi connectivity index (χ4n) is 1.87. The highest BCUT2D eigenvalue weighted by Gasteiger charge is 2.22. The minimum Gasteiger partial charge on any atom is -0.324 e. The van der Waals surface area contributed by atoms with E-state index in [4.69, 9.17) is 5.73 Å². The van der Waals surface area contributed by atoms with E-state index in [1.807, 2.05) is 7.05 Å². The summed E-state index contributed by atoms with van der Waals surface area (Å²) in [5.41, 5.74) is 6.30. The van der Waals surface area contributed by atoms with Crippen LogP contribution in [0.25, 0.3) is 0 Å². The maximum atomic E-state index is 13.6. The normalized spacial score (nSPS) is 13.9. The van der Waals surface area contributed by atoms with E-state index in [2.05, 4.69) is 25.7 Å². The van der Waals surface area contributed by atoms with E-state index < -0.39 is 17.7 Å². The van der Waals surface area contributed by atoms with Crippen LogP contribution in [0.5, 0.6) is 0 Å². The van der Waals surface area contributed by atoms with Gasteiger partial charge in [0.15, 0.2) is 11.6 Å². The highest BCUT2D eigenvalue weighted by atomic mass is 19.2. The maximum absolute atomic E-state index is 13.6. The first-order valence-corrected chi connectivity index (χ1v) is 6.70. The number of hydrogen-bond donors (Lipinski definition) is 1. The second-order valence-corrected chi connectivity index (χ2v) is 5.63. The van der Waals surface area contributed by atoms with E-state index in [9.17, 15) is 8.78 Å². The van der Waals surface area contributed by atoms with Gasteiger partial charge in [0.25, 0.3) is 0 Å². The van der Waals surface area contributed by atoms with Crippen molar-refractivity contribution in [3.05, 3.63) is 35.4 Å². The van der Waals surface area contributed by atoms with Crippen LogP contribution in [0, 0.1) is 11.6 Å². The number of benzene rings is 1. The lowest BCUT2D eigenvalue weighted by molar-refractivity contribution is 0.146. The molecule has 19 heavy (non-hydrogen) atoms. The van der Waals surface area contributed by atoms with Crippen LogP contribution in [0.2, 0.25) is 0 Å². The van der Waals surface area contributed by atoms with Crippen molar-refractivity contribution >= 4 is 0 Å². The van der Waals surface area contributed by atoms with Gasteiger partial charge in [-0.3, -0.25) is 0 Å². The highest BCUT2D eigenvalue weighted by molar-refractivity contribution is 5.22. The molecule has 0 aliphatic carbocycles. The molecular weight excluding hydrogens is 246 g/mol. The van der Waals surface area contributed by atoms with Crippen LogP contribution < -0.4 is 5.73 Å². The molecule has 0 aliphatic rings. The number of nitrogens with zero attached hydrogens (tertiary/aromatic N) is 1. The summed E-state index contributed by atoms with van der Waals surface area (Å²) in [6.07, 6.45) is 1.62. The van der Waals surface area contributed by atoms with E-state index in [0.717, 1.165) is 19.0 Å². The van der Waals surface area contributed by atoms with Crippen molar-refractivity contribution in [2.75, 3.05) is 13.6 Å². The van der Waals surface area contributed by atoms with Gasteiger partial charge in [-0.05, 0) is 39.8 Å². The largest absolute Gasteiger partial charge is 0.324 e. The monoisotopic (exact) mass is 270 g/mol. The second-order valence-electron chi connectivity index (χ2n) is 5.63. The summed E-state index contributed by atoms with van der Waals surface area (Å²) in [7, 11) is 2.03. The zero-order chi connectivity index (χ0) is 14.6. The first-order valence-electron chi connectivity index (χ1n) is 6.70. The Labute approximate surface area is 114 Å². The summed E-state index contributed by atoms with van der Waals surface area (Å²) < 4.78 is 26.7. The van der Waals surface area contributed by atoms with E-state index in [1.54, 1.807) is 6.07 Å². The molecule has 1 aromatic carbocycles. The molecule has 4 heteroatoms. The number of rotatable bonds is 6. The Bertz CT molecular complexity index is 419. The van der Waals surface area contributed by atoms with Gasteiger partial charge in [-0.1, -0.05) is 19.1 Å². The lowest BCUT2D eigenvalue weighted by Gasteiger charge is -2.35. The van der Waals surface area contributed by atoms with Crippen LogP contribution >= 0.6 is 0 Å². The molecule has 0 heterocycles. The molecule has 0 amide bonds. The van der Waals surface area contributed by atoms with E-state index in [0.29, 0.717) is 6.42 Å². The first-order chi connectivity index (χ1) is 8.79. The summed E-state index contributed by atoms with van der Waals surface area (Å²) in [5.74, 6) is -1.66. The van der Waals surface area contributed by atoms with Gasteiger partial charge in [0.2, 0.25) is 0 Å². The minimum atomic E-state index is -0.838. The van der Waals surface area contributed by atoms with Gasteiger partial charge in [0, 0.05) is 23.7 Å². The molecule has 1 atom stereocenters. The summed E-state index contributed by atoms with van der Waals surface area (Å²) in [4.78, 5) is 2.20. The quantitative estimate of drug-likeness (QED) is 0.857.